The number of aromatic nitrogens is 2. The lowest BCUT2D eigenvalue weighted by atomic mass is 10.1. The fourth-order valence-corrected chi connectivity index (χ4v) is 1.96. The van der Waals surface area contributed by atoms with E-state index < -0.39 is 0 Å². The van der Waals surface area contributed by atoms with Crippen LogP contribution in [0.5, 0.6) is 0 Å². The van der Waals surface area contributed by atoms with Gasteiger partial charge in [-0.3, -0.25) is 4.68 Å². The molecule has 4 nitrogen and oxygen atoms in total. The highest BCUT2D eigenvalue weighted by Gasteiger charge is 2.20. The van der Waals surface area contributed by atoms with Gasteiger partial charge in [0.25, 0.3) is 0 Å². The fraction of sp³-hybridized carbons (Fsp3) is 0.286. The van der Waals surface area contributed by atoms with Crippen LogP contribution in [0.3, 0.4) is 0 Å². The van der Waals surface area contributed by atoms with Crippen molar-refractivity contribution in [2.45, 2.75) is 13.3 Å². The van der Waals surface area contributed by atoms with Crippen molar-refractivity contribution in [2.75, 3.05) is 7.11 Å². The van der Waals surface area contributed by atoms with Gasteiger partial charge in [0, 0.05) is 19.2 Å². The normalized spacial score (nSPS) is 10.4. The van der Waals surface area contributed by atoms with Crippen LogP contribution in [-0.2, 0) is 18.2 Å². The van der Waals surface area contributed by atoms with Crippen LogP contribution in [-0.4, -0.2) is 22.9 Å². The zero-order chi connectivity index (χ0) is 13.1. The molecule has 2 rings (SSSR count). The quantitative estimate of drug-likeness (QED) is 0.777. The standard InChI is InChI=1S/C14H16N2O2/c1-10-13(14(17)18-3)12(15-16(10)2)9-11-7-5-4-6-8-11/h4-8H,9H2,1-3H3. The molecule has 0 aliphatic heterocycles. The summed E-state index contributed by atoms with van der Waals surface area (Å²) < 4.78 is 6.53. The van der Waals surface area contributed by atoms with Crippen molar-refractivity contribution in [2.24, 2.45) is 7.05 Å². The van der Waals surface area contributed by atoms with Gasteiger partial charge in [0.05, 0.1) is 12.8 Å². The molecular formula is C14H16N2O2. The number of aryl methyl sites for hydroxylation is 1. The second-order valence-corrected chi connectivity index (χ2v) is 4.18. The molecule has 94 valence electrons. The van der Waals surface area contributed by atoms with E-state index in [1.807, 2.05) is 44.3 Å². The summed E-state index contributed by atoms with van der Waals surface area (Å²) in [5, 5.41) is 4.39. The summed E-state index contributed by atoms with van der Waals surface area (Å²) in [5.74, 6) is -0.327. The number of ether oxygens (including phenoxy) is 1. The number of carbonyl (C=O) groups is 1. The van der Waals surface area contributed by atoms with Crippen molar-refractivity contribution < 1.29 is 9.53 Å². The van der Waals surface area contributed by atoms with Gasteiger partial charge in [-0.25, -0.2) is 4.79 Å². The number of hydrogen-bond acceptors (Lipinski definition) is 3. The smallest absolute Gasteiger partial charge is 0.341 e. The summed E-state index contributed by atoms with van der Waals surface area (Å²) in [6.07, 6.45) is 0.632. The number of nitrogens with zero attached hydrogens (tertiary/aromatic N) is 2. The largest absolute Gasteiger partial charge is 0.465 e. The zero-order valence-corrected chi connectivity index (χ0v) is 10.8. The summed E-state index contributed by atoms with van der Waals surface area (Å²) in [5.41, 5.74) is 3.28. The number of benzene rings is 1. The maximum atomic E-state index is 11.8. The maximum absolute atomic E-state index is 11.8. The summed E-state index contributed by atoms with van der Waals surface area (Å²) in [6, 6.07) is 9.95. The maximum Gasteiger partial charge on any atom is 0.341 e. The van der Waals surface area contributed by atoms with E-state index in [1.54, 1.807) is 4.68 Å². The molecule has 0 aliphatic carbocycles. The van der Waals surface area contributed by atoms with Crippen molar-refractivity contribution in [1.82, 2.24) is 9.78 Å². The summed E-state index contributed by atoms with van der Waals surface area (Å²) in [4.78, 5) is 11.8. The van der Waals surface area contributed by atoms with Gasteiger partial charge in [-0.15, -0.1) is 0 Å². The van der Waals surface area contributed by atoms with Gasteiger partial charge in [0.1, 0.15) is 5.56 Å². The lowest BCUT2D eigenvalue weighted by molar-refractivity contribution is 0.0598. The van der Waals surface area contributed by atoms with Crippen LogP contribution < -0.4 is 0 Å². The van der Waals surface area contributed by atoms with E-state index in [0.717, 1.165) is 17.0 Å². The first-order chi connectivity index (χ1) is 8.63. The molecule has 0 amide bonds. The Balaban J connectivity index is 2.39. The van der Waals surface area contributed by atoms with E-state index >= 15 is 0 Å². The Morgan fingerprint density at radius 3 is 2.61 bits per heavy atom. The molecule has 0 bridgehead atoms. The third-order valence-corrected chi connectivity index (χ3v) is 3.01. The van der Waals surface area contributed by atoms with E-state index in [-0.39, 0.29) is 5.97 Å². The van der Waals surface area contributed by atoms with Crippen molar-refractivity contribution in [3.8, 4) is 0 Å². The van der Waals surface area contributed by atoms with Gasteiger partial charge in [0.15, 0.2) is 0 Å². The molecule has 2 aromatic rings. The van der Waals surface area contributed by atoms with E-state index in [2.05, 4.69) is 5.10 Å². The number of carbonyl (C=O) groups excluding carboxylic acids is 1. The molecule has 18 heavy (non-hydrogen) atoms. The highest BCUT2D eigenvalue weighted by atomic mass is 16.5. The van der Waals surface area contributed by atoms with Gasteiger partial charge in [0.2, 0.25) is 0 Å². The number of hydrogen-bond donors (Lipinski definition) is 0. The topological polar surface area (TPSA) is 44.1 Å². The van der Waals surface area contributed by atoms with E-state index in [9.17, 15) is 4.79 Å². The minimum Gasteiger partial charge on any atom is -0.465 e. The Kier molecular flexibility index (Phi) is 3.46. The summed E-state index contributed by atoms with van der Waals surface area (Å²) in [7, 11) is 3.22. The van der Waals surface area contributed by atoms with Crippen LogP contribution in [0.15, 0.2) is 30.3 Å². The molecule has 1 heterocycles. The molecule has 0 atom stereocenters. The van der Waals surface area contributed by atoms with E-state index in [1.165, 1.54) is 7.11 Å². The highest BCUT2D eigenvalue weighted by Crippen LogP contribution is 2.17. The first kappa shape index (κ1) is 12.4. The molecule has 0 aliphatic rings. The van der Waals surface area contributed by atoms with Crippen LogP contribution in [0, 0.1) is 6.92 Å². The second kappa shape index (κ2) is 5.04. The van der Waals surface area contributed by atoms with E-state index in [0.29, 0.717) is 12.0 Å². The van der Waals surface area contributed by atoms with Crippen LogP contribution in [0.25, 0.3) is 0 Å². The van der Waals surface area contributed by atoms with Gasteiger partial charge in [-0.2, -0.15) is 5.10 Å². The van der Waals surface area contributed by atoms with Crippen molar-refractivity contribution in [1.29, 1.82) is 0 Å². The number of esters is 1. The highest BCUT2D eigenvalue weighted by molar-refractivity contribution is 5.92. The predicted molar refractivity (Wildman–Crippen MR) is 68.5 cm³/mol. The third-order valence-electron chi connectivity index (χ3n) is 3.01. The lowest BCUT2D eigenvalue weighted by Crippen LogP contribution is -2.06. The Morgan fingerprint density at radius 1 is 1.33 bits per heavy atom. The fourth-order valence-electron chi connectivity index (χ4n) is 1.96. The van der Waals surface area contributed by atoms with Crippen molar-refractivity contribution in [3.63, 3.8) is 0 Å². The van der Waals surface area contributed by atoms with Gasteiger partial charge < -0.3 is 4.74 Å². The molecule has 0 N–H and O–H groups in total. The van der Waals surface area contributed by atoms with Crippen LogP contribution >= 0.6 is 0 Å². The molecule has 0 saturated carbocycles. The molecule has 0 spiro atoms. The third kappa shape index (κ3) is 2.27. The molecule has 0 radical (unpaired) electrons. The average molecular weight is 244 g/mol. The van der Waals surface area contributed by atoms with Gasteiger partial charge in [-0.05, 0) is 12.5 Å². The second-order valence-electron chi connectivity index (χ2n) is 4.18. The van der Waals surface area contributed by atoms with Crippen LogP contribution in [0.4, 0.5) is 0 Å². The Morgan fingerprint density at radius 2 is 2.00 bits per heavy atom. The van der Waals surface area contributed by atoms with Crippen molar-refractivity contribution in [3.05, 3.63) is 52.8 Å². The van der Waals surface area contributed by atoms with E-state index in [4.69, 9.17) is 4.74 Å². The van der Waals surface area contributed by atoms with Gasteiger partial charge >= 0.3 is 5.97 Å². The molecule has 0 saturated heterocycles. The lowest BCUT2D eigenvalue weighted by Gasteiger charge is -2.02. The molecular weight excluding hydrogens is 228 g/mol. The predicted octanol–water partition coefficient (Wildman–Crippen LogP) is 2.11. The Hall–Kier alpha value is -2.10. The zero-order valence-electron chi connectivity index (χ0n) is 10.8. The molecule has 0 fully saturated rings. The van der Waals surface area contributed by atoms with Crippen LogP contribution in [0.1, 0.15) is 27.3 Å². The molecule has 1 aromatic carbocycles. The Labute approximate surface area is 106 Å². The molecule has 4 heteroatoms. The number of methoxy groups -OCH3 is 1. The molecule has 1 aromatic heterocycles. The average Bonchev–Trinajstić information content (AvgIpc) is 2.65. The Bertz CT molecular complexity index is 559. The first-order valence-corrected chi connectivity index (χ1v) is 5.78. The first-order valence-electron chi connectivity index (χ1n) is 5.78. The van der Waals surface area contributed by atoms with Gasteiger partial charge in [-0.1, -0.05) is 30.3 Å². The van der Waals surface area contributed by atoms with Crippen molar-refractivity contribution >= 4 is 5.97 Å². The minimum absolute atomic E-state index is 0.327. The molecule has 0 unspecified atom stereocenters. The summed E-state index contributed by atoms with van der Waals surface area (Å²) in [6.45, 7) is 1.87. The monoisotopic (exact) mass is 244 g/mol. The summed E-state index contributed by atoms with van der Waals surface area (Å²) >= 11 is 0. The SMILES string of the molecule is COC(=O)c1c(Cc2ccccc2)nn(C)c1C. The minimum atomic E-state index is -0.327. The van der Waals surface area contributed by atoms with Crippen LogP contribution in [0.2, 0.25) is 0 Å². The number of rotatable bonds is 3.